The van der Waals surface area contributed by atoms with Crippen LogP contribution in [-0.2, 0) is 20.8 Å². The van der Waals surface area contributed by atoms with Crippen molar-refractivity contribution in [2.45, 2.75) is 38.0 Å². The highest BCUT2D eigenvalue weighted by Crippen LogP contribution is 2.35. The lowest BCUT2D eigenvalue weighted by molar-refractivity contribution is -0.146. The zero-order valence-electron chi connectivity index (χ0n) is 15.5. The lowest BCUT2D eigenvalue weighted by atomic mass is 9.87. The molecule has 0 N–H and O–H groups in total. The average molecular weight is 359 g/mol. The second kappa shape index (κ2) is 8.03. The lowest BCUT2D eigenvalue weighted by Crippen LogP contribution is -2.55. The summed E-state index contributed by atoms with van der Waals surface area (Å²) < 4.78 is 11.2. The zero-order chi connectivity index (χ0) is 17.9. The van der Waals surface area contributed by atoms with Crippen LogP contribution in [0.15, 0.2) is 24.5 Å². The number of fused-ring (bicyclic) bond motifs is 1. The van der Waals surface area contributed by atoms with Gasteiger partial charge in [-0.2, -0.15) is 0 Å². The number of methoxy groups -OCH3 is 1. The van der Waals surface area contributed by atoms with Gasteiger partial charge in [-0.25, -0.2) is 0 Å². The summed E-state index contributed by atoms with van der Waals surface area (Å²) in [5, 5.41) is 0. The second-order valence-electron chi connectivity index (χ2n) is 7.76. The van der Waals surface area contributed by atoms with E-state index in [4.69, 9.17) is 9.47 Å². The van der Waals surface area contributed by atoms with Crippen LogP contribution in [0.4, 0.5) is 0 Å². The first kappa shape index (κ1) is 17.9. The predicted octanol–water partition coefficient (Wildman–Crippen LogP) is 1.56. The third-order valence-electron chi connectivity index (χ3n) is 6.25. The van der Waals surface area contributed by atoms with Crippen molar-refractivity contribution in [2.24, 2.45) is 11.8 Å². The van der Waals surface area contributed by atoms with Gasteiger partial charge in [-0.15, -0.1) is 0 Å². The summed E-state index contributed by atoms with van der Waals surface area (Å²) in [6.07, 6.45) is 6.61. The van der Waals surface area contributed by atoms with Crippen LogP contribution in [0, 0.1) is 11.8 Å². The first-order chi connectivity index (χ1) is 12.8. The number of nitrogens with zero attached hydrogens (tertiary/aromatic N) is 3. The van der Waals surface area contributed by atoms with Crippen molar-refractivity contribution >= 4 is 5.91 Å². The number of rotatable bonds is 4. The number of amides is 1. The summed E-state index contributed by atoms with van der Waals surface area (Å²) >= 11 is 0. The predicted molar refractivity (Wildman–Crippen MR) is 97.5 cm³/mol. The molecule has 6 nitrogen and oxygen atoms in total. The maximum Gasteiger partial charge on any atom is 0.226 e. The fourth-order valence-corrected chi connectivity index (χ4v) is 4.86. The van der Waals surface area contributed by atoms with Crippen LogP contribution in [0.3, 0.4) is 0 Å². The summed E-state index contributed by atoms with van der Waals surface area (Å²) in [7, 11) is 1.81. The minimum absolute atomic E-state index is 0.137. The monoisotopic (exact) mass is 359 g/mol. The number of ether oxygens (including phenoxy) is 2. The minimum Gasteiger partial charge on any atom is -0.381 e. The van der Waals surface area contributed by atoms with E-state index >= 15 is 0 Å². The number of likely N-dealkylation sites (tertiary alicyclic amines) is 2. The molecule has 142 valence electrons. The van der Waals surface area contributed by atoms with Gasteiger partial charge in [-0.05, 0) is 37.0 Å². The largest absolute Gasteiger partial charge is 0.381 e. The molecule has 3 saturated heterocycles. The molecule has 4 rings (SSSR count). The summed E-state index contributed by atoms with van der Waals surface area (Å²) in [4.78, 5) is 21.9. The van der Waals surface area contributed by atoms with Gasteiger partial charge in [0.2, 0.25) is 5.91 Å². The van der Waals surface area contributed by atoms with E-state index < -0.39 is 0 Å². The number of pyridine rings is 1. The Labute approximate surface area is 155 Å². The molecule has 1 amide bonds. The number of carbonyl (C=O) groups excluding carboxylic acids is 1. The number of hydrogen-bond acceptors (Lipinski definition) is 5. The van der Waals surface area contributed by atoms with E-state index in [0.717, 1.165) is 45.4 Å². The lowest BCUT2D eigenvalue weighted by Gasteiger charge is -2.42. The Morgan fingerprint density at radius 2 is 2.00 bits per heavy atom. The number of hydrogen-bond donors (Lipinski definition) is 0. The highest BCUT2D eigenvalue weighted by Gasteiger charge is 2.46. The molecule has 3 aliphatic rings. The molecule has 0 aliphatic carbocycles. The molecule has 1 aromatic heterocycles. The van der Waals surface area contributed by atoms with Crippen molar-refractivity contribution in [2.75, 3.05) is 40.0 Å². The number of carbonyl (C=O) groups is 1. The zero-order valence-corrected chi connectivity index (χ0v) is 15.5. The summed E-state index contributed by atoms with van der Waals surface area (Å²) in [5.74, 6) is 0.876. The molecule has 0 radical (unpaired) electrons. The Kier molecular flexibility index (Phi) is 5.52. The first-order valence-corrected chi connectivity index (χ1v) is 9.78. The van der Waals surface area contributed by atoms with E-state index in [0.29, 0.717) is 25.0 Å². The molecule has 0 unspecified atom stereocenters. The van der Waals surface area contributed by atoms with Gasteiger partial charge in [0.1, 0.15) is 0 Å². The average Bonchev–Trinajstić information content (AvgIpc) is 3.11. The molecule has 3 atom stereocenters. The topological polar surface area (TPSA) is 54.9 Å². The van der Waals surface area contributed by atoms with Crippen molar-refractivity contribution in [3.63, 3.8) is 0 Å². The molecule has 1 aromatic rings. The quantitative estimate of drug-likeness (QED) is 0.817. The van der Waals surface area contributed by atoms with Gasteiger partial charge in [-0.1, -0.05) is 0 Å². The Hall–Kier alpha value is -1.50. The maximum atomic E-state index is 13.2. The Morgan fingerprint density at radius 1 is 1.23 bits per heavy atom. The van der Waals surface area contributed by atoms with Crippen LogP contribution in [0.1, 0.15) is 24.8 Å². The highest BCUT2D eigenvalue weighted by atomic mass is 16.5. The van der Waals surface area contributed by atoms with E-state index in [-0.39, 0.29) is 18.1 Å². The van der Waals surface area contributed by atoms with Crippen LogP contribution < -0.4 is 0 Å². The highest BCUT2D eigenvalue weighted by molar-refractivity contribution is 5.79. The van der Waals surface area contributed by atoms with E-state index in [9.17, 15) is 4.79 Å². The van der Waals surface area contributed by atoms with Crippen molar-refractivity contribution in [1.29, 1.82) is 0 Å². The molecule has 6 heteroatoms. The second-order valence-corrected chi connectivity index (χ2v) is 7.76. The van der Waals surface area contributed by atoms with Gasteiger partial charge in [0.25, 0.3) is 0 Å². The first-order valence-electron chi connectivity index (χ1n) is 9.78. The molecule has 3 fully saturated rings. The van der Waals surface area contributed by atoms with Crippen molar-refractivity contribution in [3.8, 4) is 0 Å². The van der Waals surface area contributed by atoms with E-state index in [2.05, 4.69) is 26.9 Å². The SMILES string of the molecule is CO[C@@H]1CCN(C(=O)C2CCOCC2)[C@H]2CN(Cc3ccncc3)C[C@@H]12. The fourth-order valence-electron chi connectivity index (χ4n) is 4.86. The van der Waals surface area contributed by atoms with E-state index in [1.165, 1.54) is 5.56 Å². The summed E-state index contributed by atoms with van der Waals surface area (Å²) in [5.41, 5.74) is 1.27. The Morgan fingerprint density at radius 3 is 2.73 bits per heavy atom. The van der Waals surface area contributed by atoms with Gasteiger partial charge >= 0.3 is 0 Å². The minimum atomic E-state index is 0.137. The van der Waals surface area contributed by atoms with Gasteiger partial charge < -0.3 is 14.4 Å². The van der Waals surface area contributed by atoms with Crippen LogP contribution >= 0.6 is 0 Å². The summed E-state index contributed by atoms with van der Waals surface area (Å²) in [6.45, 7) is 5.08. The number of aromatic nitrogens is 1. The molecule has 0 spiro atoms. The van der Waals surface area contributed by atoms with Crippen LogP contribution in [-0.4, -0.2) is 72.8 Å². The molecular weight excluding hydrogens is 330 g/mol. The molecule has 4 heterocycles. The number of piperidine rings is 1. The Balaban J connectivity index is 1.47. The van der Waals surface area contributed by atoms with Gasteiger partial charge in [0.15, 0.2) is 0 Å². The molecule has 0 bridgehead atoms. The third kappa shape index (κ3) is 3.63. The van der Waals surface area contributed by atoms with E-state index in [1.807, 2.05) is 19.5 Å². The Bertz CT molecular complexity index is 606. The molecular formula is C20H29N3O3. The van der Waals surface area contributed by atoms with Gasteiger partial charge in [-0.3, -0.25) is 14.7 Å². The van der Waals surface area contributed by atoms with E-state index in [1.54, 1.807) is 0 Å². The van der Waals surface area contributed by atoms with Gasteiger partial charge in [0, 0.05) is 70.7 Å². The normalized spacial score (nSPS) is 30.3. The van der Waals surface area contributed by atoms with Gasteiger partial charge in [0.05, 0.1) is 12.1 Å². The molecule has 0 saturated carbocycles. The molecule has 3 aliphatic heterocycles. The van der Waals surface area contributed by atoms with Crippen LogP contribution in [0.2, 0.25) is 0 Å². The van der Waals surface area contributed by atoms with Crippen molar-refractivity contribution in [3.05, 3.63) is 30.1 Å². The smallest absolute Gasteiger partial charge is 0.226 e. The summed E-state index contributed by atoms with van der Waals surface area (Å²) in [6, 6.07) is 4.41. The van der Waals surface area contributed by atoms with Crippen molar-refractivity contribution in [1.82, 2.24) is 14.8 Å². The standard InChI is InChI=1S/C20H29N3O3/c1-25-19-4-9-23(20(24)16-5-10-26-11-6-16)18-14-22(13-17(18)19)12-15-2-7-21-8-3-15/h2-3,7-8,16-19H,4-6,9-14H2,1H3/t17-,18+,19-/m1/s1. The van der Waals surface area contributed by atoms with Crippen LogP contribution in [0.5, 0.6) is 0 Å². The maximum absolute atomic E-state index is 13.2. The van der Waals surface area contributed by atoms with Crippen molar-refractivity contribution < 1.29 is 14.3 Å². The van der Waals surface area contributed by atoms with Crippen LogP contribution in [0.25, 0.3) is 0 Å². The molecule has 26 heavy (non-hydrogen) atoms. The fraction of sp³-hybridized carbons (Fsp3) is 0.700. The molecule has 0 aromatic carbocycles. The third-order valence-corrected chi connectivity index (χ3v) is 6.25.